The van der Waals surface area contributed by atoms with Crippen LogP contribution in [0.5, 0.6) is 0 Å². The molecule has 4 nitrogen and oxygen atoms in total. The first kappa shape index (κ1) is 13.6. The van der Waals surface area contributed by atoms with Crippen molar-refractivity contribution in [2.45, 2.75) is 6.54 Å². The molecule has 19 heavy (non-hydrogen) atoms. The number of nitrogens with one attached hydrogen (secondary N) is 1. The van der Waals surface area contributed by atoms with Gasteiger partial charge in [0.15, 0.2) is 0 Å². The largest absolute Gasteiger partial charge is 0.478 e. The predicted molar refractivity (Wildman–Crippen MR) is 75.0 cm³/mol. The summed E-state index contributed by atoms with van der Waals surface area (Å²) in [5.41, 5.74) is 0.890. The van der Waals surface area contributed by atoms with Crippen molar-refractivity contribution in [1.29, 1.82) is 0 Å². The van der Waals surface area contributed by atoms with Gasteiger partial charge >= 0.3 is 5.97 Å². The Morgan fingerprint density at radius 1 is 1.26 bits per heavy atom. The van der Waals surface area contributed by atoms with Crippen molar-refractivity contribution in [3.8, 4) is 0 Å². The number of benzene rings is 1. The van der Waals surface area contributed by atoms with Crippen molar-refractivity contribution in [2.24, 2.45) is 0 Å². The topological polar surface area (TPSA) is 62.2 Å². The van der Waals surface area contributed by atoms with Gasteiger partial charge in [0.05, 0.1) is 10.6 Å². The van der Waals surface area contributed by atoms with Gasteiger partial charge in [-0.05, 0) is 17.7 Å². The number of rotatable bonds is 4. The van der Waals surface area contributed by atoms with Gasteiger partial charge in [-0.1, -0.05) is 41.4 Å². The highest BCUT2D eigenvalue weighted by Gasteiger charge is 2.13. The zero-order valence-electron chi connectivity index (χ0n) is 9.73. The molecule has 2 aromatic rings. The first-order chi connectivity index (χ1) is 9.09. The van der Waals surface area contributed by atoms with Gasteiger partial charge in [-0.25, -0.2) is 9.78 Å². The van der Waals surface area contributed by atoms with Crippen LogP contribution in [0.1, 0.15) is 15.9 Å². The zero-order valence-corrected chi connectivity index (χ0v) is 11.2. The van der Waals surface area contributed by atoms with Crippen molar-refractivity contribution < 1.29 is 9.90 Å². The van der Waals surface area contributed by atoms with Crippen LogP contribution in [0.4, 0.5) is 5.82 Å². The molecular weight excluding hydrogens is 287 g/mol. The van der Waals surface area contributed by atoms with Crippen LogP contribution in [0.15, 0.2) is 36.5 Å². The summed E-state index contributed by atoms with van der Waals surface area (Å²) in [6.07, 6.45) is 1.39. The molecular formula is C13H10Cl2N2O2. The van der Waals surface area contributed by atoms with Gasteiger partial charge in [-0.2, -0.15) is 0 Å². The maximum Gasteiger partial charge on any atom is 0.337 e. The molecule has 0 saturated heterocycles. The van der Waals surface area contributed by atoms with Gasteiger partial charge in [0.25, 0.3) is 0 Å². The Hall–Kier alpha value is -1.78. The van der Waals surface area contributed by atoms with Gasteiger partial charge in [-0.3, -0.25) is 0 Å². The average molecular weight is 297 g/mol. The van der Waals surface area contributed by atoms with Gasteiger partial charge in [0, 0.05) is 17.8 Å². The van der Waals surface area contributed by atoms with E-state index < -0.39 is 5.97 Å². The van der Waals surface area contributed by atoms with E-state index in [4.69, 9.17) is 28.3 Å². The third kappa shape index (κ3) is 3.16. The van der Waals surface area contributed by atoms with E-state index in [1.54, 1.807) is 6.07 Å². The Kier molecular flexibility index (Phi) is 4.24. The van der Waals surface area contributed by atoms with Gasteiger partial charge < -0.3 is 10.4 Å². The Bertz CT molecular complexity index is 617. The molecule has 0 radical (unpaired) electrons. The van der Waals surface area contributed by atoms with Crippen LogP contribution in [-0.4, -0.2) is 16.1 Å². The summed E-state index contributed by atoms with van der Waals surface area (Å²) >= 11 is 12.0. The van der Waals surface area contributed by atoms with Crippen LogP contribution in [0.25, 0.3) is 0 Å². The number of pyridine rings is 1. The molecule has 1 heterocycles. The molecule has 0 amide bonds. The highest BCUT2D eigenvalue weighted by molar-refractivity contribution is 6.35. The summed E-state index contributed by atoms with van der Waals surface area (Å²) in [5, 5.41) is 12.6. The number of halogens is 2. The third-order valence-electron chi connectivity index (χ3n) is 2.52. The lowest BCUT2D eigenvalue weighted by molar-refractivity contribution is 0.0697. The molecule has 0 fully saturated rings. The molecule has 1 aromatic heterocycles. The molecule has 0 spiro atoms. The van der Waals surface area contributed by atoms with Gasteiger partial charge in [0.1, 0.15) is 5.82 Å². The molecule has 98 valence electrons. The van der Waals surface area contributed by atoms with Crippen LogP contribution in [0.3, 0.4) is 0 Å². The van der Waals surface area contributed by atoms with E-state index in [9.17, 15) is 4.79 Å². The van der Waals surface area contributed by atoms with Crippen LogP contribution < -0.4 is 5.32 Å². The minimum Gasteiger partial charge on any atom is -0.478 e. The minimum absolute atomic E-state index is 0.0123. The van der Waals surface area contributed by atoms with Crippen LogP contribution in [0.2, 0.25) is 10.0 Å². The van der Waals surface area contributed by atoms with Crippen LogP contribution in [0, 0.1) is 0 Å². The van der Waals surface area contributed by atoms with Crippen molar-refractivity contribution in [2.75, 3.05) is 5.32 Å². The van der Waals surface area contributed by atoms with Crippen molar-refractivity contribution in [3.63, 3.8) is 0 Å². The summed E-state index contributed by atoms with van der Waals surface area (Å²) in [6, 6.07) is 8.70. The lowest BCUT2D eigenvalue weighted by atomic mass is 10.2. The molecule has 0 atom stereocenters. The van der Waals surface area contributed by atoms with Crippen molar-refractivity contribution >= 4 is 35.0 Å². The van der Waals surface area contributed by atoms with E-state index in [0.29, 0.717) is 17.4 Å². The molecule has 6 heteroatoms. The number of hydrogen-bond donors (Lipinski definition) is 2. The van der Waals surface area contributed by atoms with E-state index >= 15 is 0 Å². The number of aromatic nitrogens is 1. The highest BCUT2D eigenvalue weighted by Crippen LogP contribution is 2.24. The number of nitrogens with zero attached hydrogens (tertiary/aromatic N) is 1. The Labute approximate surface area is 120 Å². The number of hydrogen-bond acceptors (Lipinski definition) is 3. The van der Waals surface area contributed by atoms with Gasteiger partial charge in [-0.15, -0.1) is 0 Å². The Morgan fingerprint density at radius 3 is 2.68 bits per heavy atom. The number of carbonyl (C=O) groups is 1. The van der Waals surface area contributed by atoms with Crippen molar-refractivity contribution in [1.82, 2.24) is 4.98 Å². The zero-order chi connectivity index (χ0) is 13.8. The monoisotopic (exact) mass is 296 g/mol. The number of carboxylic acid groups (broad SMARTS) is 1. The molecule has 0 aliphatic heterocycles. The maximum atomic E-state index is 10.9. The maximum absolute atomic E-state index is 10.9. The second kappa shape index (κ2) is 5.91. The molecule has 0 aliphatic carbocycles. The molecule has 1 aromatic carbocycles. The van der Waals surface area contributed by atoms with Crippen LogP contribution >= 0.6 is 23.2 Å². The Morgan fingerprint density at radius 2 is 2.00 bits per heavy atom. The smallest absolute Gasteiger partial charge is 0.337 e. The van der Waals surface area contributed by atoms with E-state index in [-0.39, 0.29) is 10.6 Å². The molecule has 0 aliphatic rings. The standard InChI is InChI=1S/C13H10Cl2N2O2/c14-10-4-2-1-3-8(10)7-17-12-11(15)9(13(18)19)5-6-16-12/h1-6H,7H2,(H,16,17)(H,18,19). The summed E-state index contributed by atoms with van der Waals surface area (Å²) in [5.74, 6) is -0.769. The minimum atomic E-state index is -1.09. The van der Waals surface area contributed by atoms with Gasteiger partial charge in [0.2, 0.25) is 0 Å². The summed E-state index contributed by atoms with van der Waals surface area (Å²) in [6.45, 7) is 0.412. The second-order valence-electron chi connectivity index (χ2n) is 3.77. The first-order valence-corrected chi connectivity index (χ1v) is 6.20. The second-order valence-corrected chi connectivity index (χ2v) is 4.56. The van der Waals surface area contributed by atoms with Crippen molar-refractivity contribution in [3.05, 3.63) is 57.7 Å². The lowest BCUT2D eigenvalue weighted by Gasteiger charge is -2.09. The highest BCUT2D eigenvalue weighted by atomic mass is 35.5. The van der Waals surface area contributed by atoms with E-state index in [0.717, 1.165) is 5.56 Å². The number of carboxylic acids is 1. The first-order valence-electron chi connectivity index (χ1n) is 5.44. The fourth-order valence-corrected chi connectivity index (χ4v) is 2.01. The average Bonchev–Trinajstić information content (AvgIpc) is 2.39. The SMILES string of the molecule is O=C(O)c1ccnc(NCc2ccccc2Cl)c1Cl. The summed E-state index contributed by atoms with van der Waals surface area (Å²) < 4.78 is 0. The summed E-state index contributed by atoms with van der Waals surface area (Å²) in [4.78, 5) is 15.0. The molecule has 0 saturated carbocycles. The fraction of sp³-hybridized carbons (Fsp3) is 0.0769. The third-order valence-corrected chi connectivity index (χ3v) is 3.28. The Balaban J connectivity index is 2.19. The van der Waals surface area contributed by atoms with E-state index in [2.05, 4.69) is 10.3 Å². The predicted octanol–water partition coefficient (Wildman–Crippen LogP) is 3.70. The summed E-state index contributed by atoms with van der Waals surface area (Å²) in [7, 11) is 0. The fourth-order valence-electron chi connectivity index (χ4n) is 1.55. The number of anilines is 1. The molecule has 0 bridgehead atoms. The molecule has 2 rings (SSSR count). The van der Waals surface area contributed by atoms with E-state index in [1.165, 1.54) is 12.3 Å². The molecule has 2 N–H and O–H groups in total. The normalized spacial score (nSPS) is 10.2. The quantitative estimate of drug-likeness (QED) is 0.903. The lowest BCUT2D eigenvalue weighted by Crippen LogP contribution is -2.06. The van der Waals surface area contributed by atoms with Crippen LogP contribution in [-0.2, 0) is 6.54 Å². The van der Waals surface area contributed by atoms with E-state index in [1.807, 2.05) is 18.2 Å². The number of aromatic carboxylic acids is 1. The molecule has 0 unspecified atom stereocenters.